The normalized spacial score (nSPS) is 14.7. The van der Waals surface area contributed by atoms with Crippen LogP contribution in [-0.4, -0.2) is 32.8 Å². The van der Waals surface area contributed by atoms with E-state index in [2.05, 4.69) is 9.71 Å². The van der Waals surface area contributed by atoms with Crippen molar-refractivity contribution in [2.75, 3.05) is 18.0 Å². The van der Waals surface area contributed by atoms with E-state index in [4.69, 9.17) is 0 Å². The van der Waals surface area contributed by atoms with Crippen molar-refractivity contribution in [1.82, 2.24) is 9.71 Å². The Labute approximate surface area is 157 Å². The summed E-state index contributed by atoms with van der Waals surface area (Å²) in [5, 5.41) is 0. The molecule has 2 heterocycles. The molecule has 0 aliphatic carbocycles. The molecular weight excluding hydrogens is 369 g/mol. The Morgan fingerprint density at radius 2 is 2.00 bits per heavy atom. The molecule has 1 aliphatic rings. The van der Waals surface area contributed by atoms with Gasteiger partial charge in [-0.25, -0.2) is 17.5 Å². The average molecular weight is 389 g/mol. The number of anilines is 1. The van der Waals surface area contributed by atoms with Crippen molar-refractivity contribution in [1.29, 1.82) is 0 Å². The van der Waals surface area contributed by atoms with Crippen LogP contribution in [0.15, 0.2) is 64.8 Å². The van der Waals surface area contributed by atoms with Crippen molar-refractivity contribution in [3.8, 4) is 0 Å². The zero-order chi connectivity index (χ0) is 19.4. The number of aromatic amines is 1. The molecule has 142 valence electrons. The van der Waals surface area contributed by atoms with E-state index in [1.165, 1.54) is 12.1 Å². The fraction of sp³-hybridized carbons (Fsp3) is 0.211. The van der Waals surface area contributed by atoms with Crippen LogP contribution in [0.25, 0.3) is 0 Å². The summed E-state index contributed by atoms with van der Waals surface area (Å²) in [6, 6.07) is 6.60. The minimum Gasteiger partial charge on any atom is -0.348 e. The summed E-state index contributed by atoms with van der Waals surface area (Å²) >= 11 is 0. The number of aromatic nitrogens is 1. The van der Waals surface area contributed by atoms with Gasteiger partial charge in [0.1, 0.15) is 11.6 Å². The van der Waals surface area contributed by atoms with Crippen LogP contribution in [0.4, 0.5) is 10.2 Å². The van der Waals surface area contributed by atoms with Crippen molar-refractivity contribution in [3.05, 3.63) is 71.3 Å². The minimum absolute atomic E-state index is 0.0126. The topological polar surface area (TPSA) is 82.3 Å². The molecule has 0 bridgehead atoms. The van der Waals surface area contributed by atoms with Gasteiger partial charge in [-0.15, -0.1) is 0 Å². The number of rotatable bonds is 7. The molecule has 1 aromatic heterocycles. The fourth-order valence-corrected chi connectivity index (χ4v) is 3.94. The summed E-state index contributed by atoms with van der Waals surface area (Å²) in [4.78, 5) is 16.3. The number of nitrogens with one attached hydrogen (secondary N) is 2. The minimum atomic E-state index is -3.71. The van der Waals surface area contributed by atoms with Crippen molar-refractivity contribution in [3.63, 3.8) is 0 Å². The molecular formula is C19H20FN3O3S. The first-order valence-electron chi connectivity index (χ1n) is 8.41. The molecule has 2 N–H and O–H groups in total. The highest BCUT2D eigenvalue weighted by atomic mass is 32.2. The quantitative estimate of drug-likeness (QED) is 0.714. The van der Waals surface area contributed by atoms with E-state index in [1.807, 2.05) is 24.1 Å². The van der Waals surface area contributed by atoms with Crippen LogP contribution < -0.4 is 9.62 Å². The number of carbonyl (C=O) groups is 1. The van der Waals surface area contributed by atoms with Crippen molar-refractivity contribution < 1.29 is 17.6 Å². The van der Waals surface area contributed by atoms with Gasteiger partial charge in [-0.2, -0.15) is 0 Å². The number of halogens is 1. The van der Waals surface area contributed by atoms with Crippen molar-refractivity contribution >= 4 is 22.1 Å². The van der Waals surface area contributed by atoms with Crippen LogP contribution in [0.1, 0.15) is 12.0 Å². The van der Waals surface area contributed by atoms with Crippen molar-refractivity contribution in [2.24, 2.45) is 0 Å². The third-order valence-electron chi connectivity index (χ3n) is 4.26. The maximum absolute atomic E-state index is 13.0. The van der Waals surface area contributed by atoms with Crippen molar-refractivity contribution in [2.45, 2.75) is 18.2 Å². The lowest BCUT2D eigenvalue weighted by atomic mass is 10.1. The number of aryl methyl sites for hydroxylation is 1. The predicted molar refractivity (Wildman–Crippen MR) is 101 cm³/mol. The third-order valence-corrected chi connectivity index (χ3v) is 5.74. The number of nitrogens with zero attached hydrogens (tertiary/aromatic N) is 1. The van der Waals surface area contributed by atoms with E-state index in [0.717, 1.165) is 35.4 Å². The number of benzene rings is 1. The standard InChI is InChI=1S/C19H20FN3O3S/c1-14-6-8-21-19(14)23-11-15(10-16(12-23)13-24)7-9-22-27(25,26)18-4-2-17(20)3-5-18/h2-6,8,10,12-13,21-22H,7,9,11H2,1H3. The predicted octanol–water partition coefficient (Wildman–Crippen LogP) is 2.66. The van der Waals surface area contributed by atoms with Gasteiger partial charge in [0.05, 0.1) is 4.90 Å². The second-order valence-corrected chi connectivity index (χ2v) is 8.06. The second-order valence-electron chi connectivity index (χ2n) is 6.29. The molecule has 0 saturated carbocycles. The van der Waals surface area contributed by atoms with Gasteiger partial charge in [0.2, 0.25) is 10.0 Å². The molecule has 1 aliphatic heterocycles. The smallest absolute Gasteiger partial charge is 0.240 e. The highest BCUT2D eigenvalue weighted by Crippen LogP contribution is 2.24. The molecule has 0 radical (unpaired) electrons. The van der Waals surface area contributed by atoms with Gasteiger partial charge in [0.15, 0.2) is 6.29 Å². The maximum Gasteiger partial charge on any atom is 0.240 e. The van der Waals surface area contributed by atoms with Gasteiger partial charge in [-0.1, -0.05) is 0 Å². The first-order valence-corrected chi connectivity index (χ1v) is 9.89. The first kappa shape index (κ1) is 19.1. The summed E-state index contributed by atoms with van der Waals surface area (Å²) in [5.74, 6) is 0.404. The van der Waals surface area contributed by atoms with Crippen LogP contribution in [-0.2, 0) is 14.8 Å². The van der Waals surface area contributed by atoms with Gasteiger partial charge in [-0.05, 0) is 60.9 Å². The molecule has 0 spiro atoms. The summed E-state index contributed by atoms with van der Waals surface area (Å²) in [6.45, 7) is 2.70. The summed E-state index contributed by atoms with van der Waals surface area (Å²) in [6.07, 6.45) is 6.58. The Bertz CT molecular complexity index is 991. The highest BCUT2D eigenvalue weighted by Gasteiger charge is 2.18. The number of allylic oxidation sites excluding steroid dienone is 2. The number of hydrogen-bond donors (Lipinski definition) is 2. The SMILES string of the molecule is Cc1cc[nH]c1N1C=C(C=O)C=C(CCNS(=O)(=O)c2ccc(F)cc2)C1. The van der Waals surface area contributed by atoms with Crippen LogP contribution >= 0.6 is 0 Å². The van der Waals surface area contributed by atoms with Gasteiger partial charge in [0.25, 0.3) is 0 Å². The van der Waals surface area contributed by atoms with E-state index >= 15 is 0 Å². The molecule has 0 unspecified atom stereocenters. The van der Waals surface area contributed by atoms with Gasteiger partial charge < -0.3 is 9.88 Å². The average Bonchev–Trinajstić information content (AvgIpc) is 3.07. The second kappa shape index (κ2) is 7.89. The number of aldehydes is 1. The van der Waals surface area contributed by atoms with E-state index < -0.39 is 15.8 Å². The molecule has 8 heteroatoms. The van der Waals surface area contributed by atoms with E-state index in [0.29, 0.717) is 18.5 Å². The van der Waals surface area contributed by atoms with Crippen LogP contribution in [0.2, 0.25) is 0 Å². The molecule has 0 amide bonds. The lowest BCUT2D eigenvalue weighted by Crippen LogP contribution is -2.28. The molecule has 0 fully saturated rings. The Morgan fingerprint density at radius 1 is 1.26 bits per heavy atom. The molecule has 6 nitrogen and oxygen atoms in total. The van der Waals surface area contributed by atoms with Gasteiger partial charge in [-0.3, -0.25) is 4.79 Å². The largest absolute Gasteiger partial charge is 0.348 e. The zero-order valence-corrected chi connectivity index (χ0v) is 15.6. The Morgan fingerprint density at radius 3 is 2.63 bits per heavy atom. The van der Waals surface area contributed by atoms with Crippen LogP contribution in [0.3, 0.4) is 0 Å². The number of hydrogen-bond acceptors (Lipinski definition) is 4. The summed E-state index contributed by atoms with van der Waals surface area (Å²) in [5.41, 5.74) is 2.50. The Kier molecular flexibility index (Phi) is 5.57. The zero-order valence-electron chi connectivity index (χ0n) is 14.8. The lowest BCUT2D eigenvalue weighted by Gasteiger charge is -2.26. The highest BCUT2D eigenvalue weighted by molar-refractivity contribution is 7.89. The molecule has 2 aromatic rings. The molecule has 0 atom stereocenters. The fourth-order valence-electron chi connectivity index (χ4n) is 2.91. The van der Waals surface area contributed by atoms with E-state index in [9.17, 15) is 17.6 Å². The monoisotopic (exact) mass is 389 g/mol. The first-order chi connectivity index (χ1) is 12.9. The number of H-pyrrole nitrogens is 1. The molecule has 1 aromatic carbocycles. The van der Waals surface area contributed by atoms with E-state index in [1.54, 1.807) is 12.3 Å². The molecule has 0 saturated heterocycles. The third kappa shape index (κ3) is 4.53. The summed E-state index contributed by atoms with van der Waals surface area (Å²) in [7, 11) is -3.71. The number of carbonyl (C=O) groups excluding carboxylic acids is 1. The Hall–Kier alpha value is -2.71. The number of sulfonamides is 1. The van der Waals surface area contributed by atoms with Crippen LogP contribution in [0.5, 0.6) is 0 Å². The lowest BCUT2D eigenvalue weighted by molar-refractivity contribution is -0.104. The van der Waals surface area contributed by atoms with E-state index in [-0.39, 0.29) is 11.4 Å². The van der Waals surface area contributed by atoms with Gasteiger partial charge >= 0.3 is 0 Å². The van der Waals surface area contributed by atoms with Gasteiger partial charge in [0, 0.05) is 31.1 Å². The van der Waals surface area contributed by atoms with Crippen LogP contribution in [0, 0.1) is 12.7 Å². The summed E-state index contributed by atoms with van der Waals surface area (Å²) < 4.78 is 40.0. The molecule has 3 rings (SSSR count). The molecule has 27 heavy (non-hydrogen) atoms. The Balaban J connectivity index is 1.66. The maximum atomic E-state index is 13.0.